The molecule has 126 valence electrons. The number of amides is 2. The van der Waals surface area contributed by atoms with Crippen LogP contribution in [-0.2, 0) is 14.3 Å². The van der Waals surface area contributed by atoms with Crippen LogP contribution in [0.4, 0.5) is 0 Å². The van der Waals surface area contributed by atoms with Crippen LogP contribution < -0.4 is 15.5 Å². The van der Waals surface area contributed by atoms with Gasteiger partial charge in [0.1, 0.15) is 12.2 Å². The molecule has 2 amide bonds. The van der Waals surface area contributed by atoms with Gasteiger partial charge in [-0.1, -0.05) is 0 Å². The molecule has 0 aliphatic heterocycles. The van der Waals surface area contributed by atoms with Gasteiger partial charge in [0.05, 0.1) is 12.8 Å². The molecule has 0 aliphatic rings. The standard InChI is InChI=1S/C16H23N3O4/c1-3-23-14-7-5-13(6-8-14)12-18-19-16(21)11-15(20)17-9-4-10-22-2/h5-8,12H,3-4,9-11H2,1-2H3,(H,17,20)(H,19,21). The highest BCUT2D eigenvalue weighted by Crippen LogP contribution is 2.10. The van der Waals surface area contributed by atoms with Crippen molar-refractivity contribution >= 4 is 18.0 Å². The molecule has 23 heavy (non-hydrogen) atoms. The highest BCUT2D eigenvalue weighted by atomic mass is 16.5. The van der Waals surface area contributed by atoms with Crippen molar-refractivity contribution in [3.8, 4) is 5.75 Å². The van der Waals surface area contributed by atoms with Crippen molar-refractivity contribution in [2.24, 2.45) is 5.10 Å². The van der Waals surface area contributed by atoms with Crippen molar-refractivity contribution in [2.75, 3.05) is 26.9 Å². The Balaban J connectivity index is 2.27. The van der Waals surface area contributed by atoms with Gasteiger partial charge in [-0.2, -0.15) is 5.10 Å². The van der Waals surface area contributed by atoms with E-state index in [-0.39, 0.29) is 12.3 Å². The van der Waals surface area contributed by atoms with E-state index in [0.29, 0.717) is 26.2 Å². The Labute approximate surface area is 136 Å². The summed E-state index contributed by atoms with van der Waals surface area (Å²) in [5, 5.41) is 6.44. The zero-order valence-electron chi connectivity index (χ0n) is 13.5. The summed E-state index contributed by atoms with van der Waals surface area (Å²) >= 11 is 0. The first-order valence-electron chi connectivity index (χ1n) is 7.46. The number of nitrogens with one attached hydrogen (secondary N) is 2. The zero-order chi connectivity index (χ0) is 16.9. The summed E-state index contributed by atoms with van der Waals surface area (Å²) in [6, 6.07) is 7.28. The molecule has 1 aromatic carbocycles. The Morgan fingerprint density at radius 3 is 2.61 bits per heavy atom. The van der Waals surface area contributed by atoms with Crippen molar-refractivity contribution in [3.63, 3.8) is 0 Å². The number of nitrogens with zero attached hydrogens (tertiary/aromatic N) is 1. The molecule has 0 saturated heterocycles. The third-order valence-electron chi connectivity index (χ3n) is 2.76. The Hall–Kier alpha value is -2.41. The number of hydrogen-bond acceptors (Lipinski definition) is 5. The lowest BCUT2D eigenvalue weighted by Gasteiger charge is -2.04. The highest BCUT2D eigenvalue weighted by molar-refractivity contribution is 5.97. The Kier molecular flexibility index (Phi) is 9.07. The van der Waals surface area contributed by atoms with Crippen molar-refractivity contribution in [2.45, 2.75) is 19.8 Å². The van der Waals surface area contributed by atoms with Crippen LogP contribution in [0.15, 0.2) is 29.4 Å². The molecule has 1 rings (SSSR count). The SMILES string of the molecule is CCOc1ccc(C=NNC(=O)CC(=O)NCCCOC)cc1. The summed E-state index contributed by atoms with van der Waals surface area (Å²) in [4.78, 5) is 23.0. The van der Waals surface area contributed by atoms with Crippen LogP contribution in [0.2, 0.25) is 0 Å². The number of hydrazone groups is 1. The lowest BCUT2D eigenvalue weighted by Crippen LogP contribution is -2.30. The molecule has 0 unspecified atom stereocenters. The predicted octanol–water partition coefficient (Wildman–Crippen LogP) is 1.08. The summed E-state index contributed by atoms with van der Waals surface area (Å²) in [6.45, 7) is 3.57. The normalized spacial score (nSPS) is 10.5. The van der Waals surface area contributed by atoms with Crippen LogP contribution in [0.5, 0.6) is 5.75 Å². The molecule has 0 heterocycles. The maximum absolute atomic E-state index is 11.5. The van der Waals surface area contributed by atoms with Gasteiger partial charge in [0.15, 0.2) is 0 Å². The molecule has 0 aliphatic carbocycles. The molecule has 7 heteroatoms. The van der Waals surface area contributed by atoms with E-state index >= 15 is 0 Å². The Bertz CT molecular complexity index is 515. The van der Waals surface area contributed by atoms with Crippen LogP contribution in [0.25, 0.3) is 0 Å². The fraction of sp³-hybridized carbons (Fsp3) is 0.438. The highest BCUT2D eigenvalue weighted by Gasteiger charge is 2.07. The predicted molar refractivity (Wildman–Crippen MR) is 87.5 cm³/mol. The van der Waals surface area contributed by atoms with E-state index in [4.69, 9.17) is 9.47 Å². The Morgan fingerprint density at radius 2 is 1.96 bits per heavy atom. The second-order valence-corrected chi connectivity index (χ2v) is 4.67. The van der Waals surface area contributed by atoms with E-state index in [2.05, 4.69) is 15.8 Å². The van der Waals surface area contributed by atoms with Gasteiger partial charge in [-0.25, -0.2) is 5.43 Å². The van der Waals surface area contributed by atoms with E-state index in [1.54, 1.807) is 7.11 Å². The lowest BCUT2D eigenvalue weighted by molar-refractivity contribution is -0.129. The summed E-state index contributed by atoms with van der Waals surface area (Å²) in [6.07, 6.45) is 1.96. The number of rotatable bonds is 10. The third kappa shape index (κ3) is 8.57. The molecule has 0 aromatic heterocycles. The van der Waals surface area contributed by atoms with Crippen LogP contribution >= 0.6 is 0 Å². The van der Waals surface area contributed by atoms with Gasteiger partial charge in [-0.05, 0) is 43.2 Å². The van der Waals surface area contributed by atoms with Gasteiger partial charge >= 0.3 is 0 Å². The van der Waals surface area contributed by atoms with E-state index in [1.165, 1.54) is 6.21 Å². The maximum atomic E-state index is 11.5. The average Bonchev–Trinajstić information content (AvgIpc) is 2.53. The van der Waals surface area contributed by atoms with Crippen molar-refractivity contribution < 1.29 is 19.1 Å². The number of carbonyl (C=O) groups is 2. The van der Waals surface area contributed by atoms with Crippen LogP contribution in [0.1, 0.15) is 25.3 Å². The number of methoxy groups -OCH3 is 1. The molecular weight excluding hydrogens is 298 g/mol. The molecular formula is C16H23N3O4. The monoisotopic (exact) mass is 321 g/mol. The van der Waals surface area contributed by atoms with Gasteiger partial charge in [-0.15, -0.1) is 0 Å². The first-order chi connectivity index (χ1) is 11.2. The lowest BCUT2D eigenvalue weighted by atomic mass is 10.2. The first kappa shape index (κ1) is 18.6. The van der Waals surface area contributed by atoms with Crippen LogP contribution in [-0.4, -0.2) is 44.9 Å². The smallest absolute Gasteiger partial charge is 0.249 e. The topological polar surface area (TPSA) is 89.0 Å². The molecule has 0 saturated carbocycles. The van der Waals surface area contributed by atoms with E-state index in [9.17, 15) is 9.59 Å². The maximum Gasteiger partial charge on any atom is 0.249 e. The van der Waals surface area contributed by atoms with Gasteiger partial charge in [0.25, 0.3) is 0 Å². The molecule has 0 fully saturated rings. The summed E-state index contributed by atoms with van der Waals surface area (Å²) in [7, 11) is 1.59. The number of hydrogen-bond donors (Lipinski definition) is 2. The summed E-state index contributed by atoms with van der Waals surface area (Å²) < 4.78 is 10.2. The quantitative estimate of drug-likeness (QED) is 0.292. The number of carbonyl (C=O) groups excluding carboxylic acids is 2. The second-order valence-electron chi connectivity index (χ2n) is 4.67. The zero-order valence-corrected chi connectivity index (χ0v) is 13.5. The minimum Gasteiger partial charge on any atom is -0.494 e. The summed E-state index contributed by atoms with van der Waals surface area (Å²) in [5.74, 6) is -0.0230. The molecule has 1 aromatic rings. The van der Waals surface area contributed by atoms with E-state index < -0.39 is 5.91 Å². The van der Waals surface area contributed by atoms with Crippen molar-refractivity contribution in [1.29, 1.82) is 0 Å². The van der Waals surface area contributed by atoms with Crippen molar-refractivity contribution in [1.82, 2.24) is 10.7 Å². The molecule has 0 spiro atoms. The summed E-state index contributed by atoms with van der Waals surface area (Å²) in [5.41, 5.74) is 3.13. The number of ether oxygens (including phenoxy) is 2. The van der Waals surface area contributed by atoms with Crippen molar-refractivity contribution in [3.05, 3.63) is 29.8 Å². The first-order valence-corrected chi connectivity index (χ1v) is 7.46. The van der Waals surface area contributed by atoms with Gasteiger partial charge in [-0.3, -0.25) is 9.59 Å². The van der Waals surface area contributed by atoms with E-state index in [1.807, 2.05) is 31.2 Å². The van der Waals surface area contributed by atoms with Gasteiger partial charge in [0.2, 0.25) is 11.8 Å². The molecule has 0 atom stereocenters. The van der Waals surface area contributed by atoms with Gasteiger partial charge < -0.3 is 14.8 Å². The Morgan fingerprint density at radius 1 is 1.22 bits per heavy atom. The second kappa shape index (κ2) is 11.2. The minimum absolute atomic E-state index is 0.256. The molecule has 2 N–H and O–H groups in total. The minimum atomic E-state index is -0.462. The third-order valence-corrected chi connectivity index (χ3v) is 2.76. The fourth-order valence-electron chi connectivity index (χ4n) is 1.69. The largest absolute Gasteiger partial charge is 0.494 e. The average molecular weight is 321 g/mol. The van der Waals surface area contributed by atoms with E-state index in [0.717, 1.165) is 11.3 Å². The molecule has 7 nitrogen and oxygen atoms in total. The van der Waals surface area contributed by atoms with Gasteiger partial charge in [0, 0.05) is 20.3 Å². The van der Waals surface area contributed by atoms with Crippen LogP contribution in [0.3, 0.4) is 0 Å². The molecule has 0 radical (unpaired) electrons. The fourth-order valence-corrected chi connectivity index (χ4v) is 1.69. The number of benzene rings is 1. The molecule has 0 bridgehead atoms. The van der Waals surface area contributed by atoms with Crippen LogP contribution in [0, 0.1) is 0 Å².